The van der Waals surface area contributed by atoms with Gasteiger partial charge in [0.25, 0.3) is 5.91 Å². The van der Waals surface area contributed by atoms with E-state index in [1.807, 2.05) is 0 Å². The highest BCUT2D eigenvalue weighted by Gasteiger charge is 2.40. The minimum absolute atomic E-state index is 0.447. The molecule has 0 aliphatic carbocycles. The molecule has 0 saturated heterocycles. The fraction of sp³-hybridized carbons (Fsp3) is 0.400. The summed E-state index contributed by atoms with van der Waals surface area (Å²) in [6.45, 7) is 1.05. The molecule has 0 fully saturated rings. The Morgan fingerprint density at radius 2 is 1.82 bits per heavy atom. The van der Waals surface area contributed by atoms with Gasteiger partial charge in [0.1, 0.15) is 0 Å². The van der Waals surface area contributed by atoms with Crippen LogP contribution in [0.15, 0.2) is 21.5 Å². The number of amides is 1. The van der Waals surface area contributed by atoms with E-state index in [1.165, 1.54) is 0 Å². The highest BCUT2D eigenvalue weighted by Crippen LogP contribution is 2.32. The Balaban J connectivity index is 3.08. The molecule has 1 heterocycles. The van der Waals surface area contributed by atoms with E-state index >= 15 is 0 Å². The Bertz CT molecular complexity index is 263. The van der Waals surface area contributed by atoms with Crippen LogP contribution in [-0.2, 0) is 4.79 Å². The first-order valence-corrected chi connectivity index (χ1v) is 2.67. The van der Waals surface area contributed by atoms with E-state index in [0.717, 1.165) is 6.92 Å². The van der Waals surface area contributed by atoms with Gasteiger partial charge in [0.15, 0.2) is 5.70 Å². The zero-order chi connectivity index (χ0) is 8.65. The van der Waals surface area contributed by atoms with Crippen molar-refractivity contribution in [3.8, 4) is 0 Å². The van der Waals surface area contributed by atoms with Crippen molar-refractivity contribution in [2.45, 2.75) is 13.1 Å². The Kier molecular flexibility index (Phi) is 1.54. The Morgan fingerprint density at radius 3 is 2.00 bits per heavy atom. The van der Waals surface area contributed by atoms with E-state index in [4.69, 9.17) is 0 Å². The quantitative estimate of drug-likeness (QED) is 0.538. The monoisotopic (exact) mass is 164 g/mol. The largest absolute Gasteiger partial charge is 0.435 e. The predicted molar refractivity (Wildman–Crippen MR) is 28.6 cm³/mol. The third-order valence-electron chi connectivity index (χ3n) is 1.19. The molecular weight excluding hydrogens is 161 g/mol. The summed E-state index contributed by atoms with van der Waals surface area (Å²) >= 11 is 0. The molecule has 60 valence electrons. The molecule has 0 unspecified atom stereocenters. The highest BCUT2D eigenvalue weighted by molar-refractivity contribution is 5.95. The fourth-order valence-electron chi connectivity index (χ4n) is 0.616. The molecule has 11 heavy (non-hydrogen) atoms. The van der Waals surface area contributed by atoms with E-state index in [1.54, 1.807) is 0 Å². The number of nitrogens with zero attached hydrogens (tertiary/aromatic N) is 2. The summed E-state index contributed by atoms with van der Waals surface area (Å²) in [4.78, 5) is 10.4. The summed E-state index contributed by atoms with van der Waals surface area (Å²) in [6, 6.07) is 0. The van der Waals surface area contributed by atoms with Crippen LogP contribution in [0.25, 0.3) is 0 Å². The number of carbonyl (C=O) groups is 1. The van der Waals surface area contributed by atoms with Crippen molar-refractivity contribution in [3.63, 3.8) is 0 Å². The standard InChI is InChI=1S/C5H3F3N2O/c1-2-3(5(6,7)8)9-10-4(2)11/h1H3. The molecule has 1 aliphatic rings. The van der Waals surface area contributed by atoms with Crippen molar-refractivity contribution in [3.05, 3.63) is 11.3 Å². The number of alkyl halides is 3. The van der Waals surface area contributed by atoms with Gasteiger partial charge in [0.05, 0.1) is 5.57 Å². The second-order valence-corrected chi connectivity index (χ2v) is 1.98. The van der Waals surface area contributed by atoms with Crippen LogP contribution in [-0.4, -0.2) is 12.1 Å². The van der Waals surface area contributed by atoms with Crippen LogP contribution in [0.5, 0.6) is 0 Å². The van der Waals surface area contributed by atoms with Crippen molar-refractivity contribution in [1.29, 1.82) is 0 Å². The predicted octanol–water partition coefficient (Wildman–Crippen LogP) is 1.82. The molecule has 0 radical (unpaired) electrons. The second-order valence-electron chi connectivity index (χ2n) is 1.98. The fourth-order valence-corrected chi connectivity index (χ4v) is 0.616. The topological polar surface area (TPSA) is 41.8 Å². The first-order valence-electron chi connectivity index (χ1n) is 2.67. The third-order valence-corrected chi connectivity index (χ3v) is 1.19. The zero-order valence-corrected chi connectivity index (χ0v) is 5.44. The van der Waals surface area contributed by atoms with Crippen molar-refractivity contribution in [1.82, 2.24) is 0 Å². The lowest BCUT2D eigenvalue weighted by Gasteiger charge is -2.02. The van der Waals surface area contributed by atoms with Crippen LogP contribution in [0, 0.1) is 0 Å². The minimum Gasteiger partial charge on any atom is -0.265 e. The van der Waals surface area contributed by atoms with Gasteiger partial charge in [-0.1, -0.05) is 0 Å². The molecule has 1 aliphatic heterocycles. The number of azo groups is 1. The SMILES string of the molecule is CC1=C(C(F)(F)F)N=NC1=O. The van der Waals surface area contributed by atoms with Crippen molar-refractivity contribution >= 4 is 5.91 Å². The van der Waals surface area contributed by atoms with Gasteiger partial charge in [0, 0.05) is 0 Å². The third kappa shape index (κ3) is 1.28. The summed E-state index contributed by atoms with van der Waals surface area (Å²) in [5.74, 6) is -0.919. The minimum atomic E-state index is -4.57. The Labute approximate surface area is 59.6 Å². The van der Waals surface area contributed by atoms with Gasteiger partial charge in [-0.2, -0.15) is 13.2 Å². The van der Waals surface area contributed by atoms with E-state index in [-0.39, 0.29) is 0 Å². The lowest BCUT2D eigenvalue weighted by Crippen LogP contribution is -2.11. The van der Waals surface area contributed by atoms with E-state index in [9.17, 15) is 18.0 Å². The maximum absolute atomic E-state index is 11.8. The number of carbonyl (C=O) groups excluding carboxylic acids is 1. The van der Waals surface area contributed by atoms with Crippen LogP contribution < -0.4 is 0 Å². The maximum atomic E-state index is 11.8. The summed E-state index contributed by atoms with van der Waals surface area (Å²) < 4.78 is 35.5. The molecule has 0 aromatic carbocycles. The molecule has 0 atom stereocenters. The Hall–Kier alpha value is -1.20. The number of halogens is 3. The van der Waals surface area contributed by atoms with Crippen LogP contribution >= 0.6 is 0 Å². The van der Waals surface area contributed by atoms with Gasteiger partial charge in [-0.05, 0) is 6.92 Å². The molecule has 0 N–H and O–H groups in total. The normalized spacial score (nSPS) is 18.4. The van der Waals surface area contributed by atoms with Gasteiger partial charge < -0.3 is 0 Å². The number of hydrogen-bond donors (Lipinski definition) is 0. The van der Waals surface area contributed by atoms with Crippen molar-refractivity contribution in [2.24, 2.45) is 10.2 Å². The summed E-state index contributed by atoms with van der Waals surface area (Å²) in [5.41, 5.74) is -1.64. The molecule has 1 amide bonds. The van der Waals surface area contributed by atoms with Gasteiger partial charge >= 0.3 is 6.18 Å². The molecule has 6 heteroatoms. The van der Waals surface area contributed by atoms with Gasteiger partial charge in [-0.3, -0.25) is 4.79 Å². The lowest BCUT2D eigenvalue weighted by molar-refractivity contribution is -0.115. The average molecular weight is 164 g/mol. The zero-order valence-electron chi connectivity index (χ0n) is 5.44. The molecule has 3 nitrogen and oxygen atoms in total. The first-order chi connectivity index (χ1) is 4.93. The average Bonchev–Trinajstić information content (AvgIpc) is 2.11. The molecule has 0 bridgehead atoms. The second kappa shape index (κ2) is 2.14. The van der Waals surface area contributed by atoms with Gasteiger partial charge in [-0.25, -0.2) is 0 Å². The highest BCUT2D eigenvalue weighted by atomic mass is 19.4. The molecule has 1 rings (SSSR count). The lowest BCUT2D eigenvalue weighted by atomic mass is 10.2. The van der Waals surface area contributed by atoms with Crippen molar-refractivity contribution in [2.75, 3.05) is 0 Å². The number of rotatable bonds is 0. The van der Waals surface area contributed by atoms with E-state index < -0.39 is 23.4 Å². The molecule has 0 aromatic heterocycles. The molecule has 0 spiro atoms. The van der Waals surface area contributed by atoms with Crippen molar-refractivity contribution < 1.29 is 18.0 Å². The smallest absolute Gasteiger partial charge is 0.265 e. The van der Waals surface area contributed by atoms with E-state index in [2.05, 4.69) is 10.2 Å². The van der Waals surface area contributed by atoms with Crippen LogP contribution in [0.4, 0.5) is 13.2 Å². The van der Waals surface area contributed by atoms with Gasteiger partial charge in [0.2, 0.25) is 0 Å². The number of hydrogen-bond acceptors (Lipinski definition) is 2. The van der Waals surface area contributed by atoms with Crippen LogP contribution in [0.2, 0.25) is 0 Å². The summed E-state index contributed by atoms with van der Waals surface area (Å²) in [6.07, 6.45) is -4.57. The Morgan fingerprint density at radius 1 is 1.27 bits per heavy atom. The van der Waals surface area contributed by atoms with Gasteiger partial charge in [-0.15, -0.1) is 10.2 Å². The first kappa shape index (κ1) is 7.90. The summed E-state index contributed by atoms with van der Waals surface area (Å²) in [5, 5.41) is 5.46. The molecule has 0 saturated carbocycles. The molecule has 0 aromatic rings. The number of allylic oxidation sites excluding steroid dienone is 1. The molecular formula is C5H3F3N2O. The van der Waals surface area contributed by atoms with E-state index in [0.29, 0.717) is 0 Å². The summed E-state index contributed by atoms with van der Waals surface area (Å²) in [7, 11) is 0. The van der Waals surface area contributed by atoms with Crippen LogP contribution in [0.3, 0.4) is 0 Å². The van der Waals surface area contributed by atoms with Crippen LogP contribution in [0.1, 0.15) is 6.92 Å². The maximum Gasteiger partial charge on any atom is 0.435 e.